The van der Waals surface area contributed by atoms with E-state index in [9.17, 15) is 0 Å². The summed E-state index contributed by atoms with van der Waals surface area (Å²) in [6.45, 7) is 4.97. The Bertz CT molecular complexity index is 267. The first-order valence-electron chi connectivity index (χ1n) is 4.74. The molecule has 5 heteroatoms. The normalized spacial score (nSPS) is 10.1. The van der Waals surface area contributed by atoms with Crippen molar-refractivity contribution in [2.24, 2.45) is 0 Å². The van der Waals surface area contributed by atoms with Crippen molar-refractivity contribution in [3.8, 4) is 0 Å². The van der Waals surface area contributed by atoms with Crippen LogP contribution < -0.4 is 10.6 Å². The highest BCUT2D eigenvalue weighted by Gasteiger charge is 1.98. The second kappa shape index (κ2) is 6.56. The van der Waals surface area contributed by atoms with Gasteiger partial charge in [-0.2, -0.15) is 0 Å². The number of anilines is 1. The zero-order valence-corrected chi connectivity index (χ0v) is 9.01. The second-order valence-corrected chi connectivity index (χ2v) is 3.26. The van der Waals surface area contributed by atoms with Gasteiger partial charge >= 0.3 is 0 Å². The highest BCUT2D eigenvalue weighted by atomic mass is 35.5. The third-order valence-corrected chi connectivity index (χ3v) is 2.02. The van der Waals surface area contributed by atoms with E-state index in [1.54, 1.807) is 6.20 Å². The fourth-order valence-electron chi connectivity index (χ4n) is 1.04. The van der Waals surface area contributed by atoms with Crippen molar-refractivity contribution < 1.29 is 0 Å². The molecule has 1 aromatic heterocycles. The van der Waals surface area contributed by atoms with Gasteiger partial charge in [0.05, 0.1) is 6.20 Å². The van der Waals surface area contributed by atoms with Crippen molar-refractivity contribution in [3.63, 3.8) is 0 Å². The summed E-state index contributed by atoms with van der Waals surface area (Å²) in [7, 11) is 0. The highest BCUT2D eigenvalue weighted by Crippen LogP contribution is 2.15. The van der Waals surface area contributed by atoms with Gasteiger partial charge in [-0.1, -0.05) is 18.5 Å². The predicted molar refractivity (Wildman–Crippen MR) is 58.7 cm³/mol. The average molecular weight is 215 g/mol. The topological polar surface area (TPSA) is 49.8 Å². The minimum absolute atomic E-state index is 0.566. The van der Waals surface area contributed by atoms with Gasteiger partial charge in [0.1, 0.15) is 17.2 Å². The van der Waals surface area contributed by atoms with Crippen LogP contribution in [0.25, 0.3) is 0 Å². The van der Waals surface area contributed by atoms with Gasteiger partial charge < -0.3 is 10.6 Å². The summed E-state index contributed by atoms with van der Waals surface area (Å²) in [6.07, 6.45) is 4.12. The Morgan fingerprint density at radius 3 is 3.00 bits per heavy atom. The minimum atomic E-state index is 0.566. The van der Waals surface area contributed by atoms with E-state index in [1.807, 2.05) is 0 Å². The highest BCUT2D eigenvalue weighted by molar-refractivity contribution is 6.32. The first kappa shape index (κ1) is 11.2. The fraction of sp³-hybridized carbons (Fsp3) is 0.556. The number of rotatable bonds is 6. The van der Waals surface area contributed by atoms with Crippen LogP contribution in [-0.2, 0) is 0 Å². The van der Waals surface area contributed by atoms with Gasteiger partial charge in [0.2, 0.25) is 0 Å². The number of aromatic nitrogens is 2. The summed E-state index contributed by atoms with van der Waals surface area (Å²) in [5, 5.41) is 6.96. The molecule has 4 nitrogen and oxygen atoms in total. The Labute approximate surface area is 89.1 Å². The third kappa shape index (κ3) is 3.89. The van der Waals surface area contributed by atoms with Crippen molar-refractivity contribution in [1.82, 2.24) is 15.3 Å². The molecule has 0 atom stereocenters. The van der Waals surface area contributed by atoms with Crippen molar-refractivity contribution in [2.45, 2.75) is 13.3 Å². The lowest BCUT2D eigenvalue weighted by molar-refractivity contribution is 0.688. The molecular formula is C9H15ClN4. The maximum Gasteiger partial charge on any atom is 0.148 e. The molecule has 1 rings (SSSR count). The van der Waals surface area contributed by atoms with Crippen LogP contribution >= 0.6 is 11.6 Å². The van der Waals surface area contributed by atoms with E-state index in [2.05, 4.69) is 27.5 Å². The molecule has 0 aliphatic rings. The molecule has 14 heavy (non-hydrogen) atoms. The second-order valence-electron chi connectivity index (χ2n) is 2.85. The number of hydrogen-bond acceptors (Lipinski definition) is 4. The van der Waals surface area contributed by atoms with Gasteiger partial charge in [-0.3, -0.25) is 0 Å². The Hall–Kier alpha value is -0.870. The summed E-state index contributed by atoms with van der Waals surface area (Å²) < 4.78 is 0. The summed E-state index contributed by atoms with van der Waals surface area (Å²) in [6, 6.07) is 0. The molecule has 0 saturated heterocycles. The summed E-state index contributed by atoms with van der Waals surface area (Å²) in [4.78, 5) is 7.83. The first-order chi connectivity index (χ1) is 6.84. The molecule has 0 aliphatic heterocycles. The largest absolute Gasteiger partial charge is 0.369 e. The van der Waals surface area contributed by atoms with E-state index >= 15 is 0 Å². The summed E-state index contributed by atoms with van der Waals surface area (Å²) >= 11 is 5.86. The molecule has 0 aliphatic carbocycles. The Morgan fingerprint density at radius 1 is 1.43 bits per heavy atom. The number of halogens is 1. The lowest BCUT2D eigenvalue weighted by atomic mass is 10.4. The number of hydrogen-bond donors (Lipinski definition) is 2. The van der Waals surface area contributed by atoms with E-state index in [4.69, 9.17) is 11.6 Å². The maximum atomic E-state index is 5.86. The summed E-state index contributed by atoms with van der Waals surface area (Å²) in [5.74, 6) is 0.707. The van der Waals surface area contributed by atoms with Crippen LogP contribution in [0, 0.1) is 0 Å². The van der Waals surface area contributed by atoms with E-state index < -0.39 is 0 Å². The van der Waals surface area contributed by atoms with Crippen molar-refractivity contribution in [1.29, 1.82) is 0 Å². The Kier molecular flexibility index (Phi) is 5.25. The molecule has 0 unspecified atom stereocenters. The third-order valence-electron chi connectivity index (χ3n) is 1.74. The van der Waals surface area contributed by atoms with Crippen molar-refractivity contribution >= 4 is 17.4 Å². The zero-order valence-electron chi connectivity index (χ0n) is 8.26. The predicted octanol–water partition coefficient (Wildman–Crippen LogP) is 1.54. The van der Waals surface area contributed by atoms with Crippen LogP contribution in [0.3, 0.4) is 0 Å². The standard InChI is InChI=1S/C9H15ClN4/c1-2-11-4-3-5-13-9-8(10)6-12-7-14-9/h6-7,11H,2-5H2,1H3,(H,12,13,14). The summed E-state index contributed by atoms with van der Waals surface area (Å²) in [5.41, 5.74) is 0. The van der Waals surface area contributed by atoms with E-state index in [0.717, 1.165) is 26.1 Å². The molecule has 0 radical (unpaired) electrons. The first-order valence-corrected chi connectivity index (χ1v) is 5.12. The SMILES string of the molecule is CCNCCCNc1ncncc1Cl. The van der Waals surface area contributed by atoms with Gasteiger partial charge in [0.25, 0.3) is 0 Å². The molecule has 1 heterocycles. The molecule has 1 aromatic rings. The van der Waals surface area contributed by atoms with Gasteiger partial charge in [-0.05, 0) is 19.5 Å². The van der Waals surface area contributed by atoms with Crippen LogP contribution in [0.4, 0.5) is 5.82 Å². The molecule has 0 fully saturated rings. The van der Waals surface area contributed by atoms with E-state index in [-0.39, 0.29) is 0 Å². The van der Waals surface area contributed by atoms with Crippen LogP contribution in [0.15, 0.2) is 12.5 Å². The monoisotopic (exact) mass is 214 g/mol. The van der Waals surface area contributed by atoms with Crippen LogP contribution in [0.2, 0.25) is 5.02 Å². The number of nitrogens with zero attached hydrogens (tertiary/aromatic N) is 2. The fourth-order valence-corrected chi connectivity index (χ4v) is 1.21. The molecule has 0 aromatic carbocycles. The smallest absolute Gasteiger partial charge is 0.148 e. The number of nitrogens with one attached hydrogen (secondary N) is 2. The zero-order chi connectivity index (χ0) is 10.2. The van der Waals surface area contributed by atoms with Gasteiger partial charge in [-0.15, -0.1) is 0 Å². The molecule has 0 bridgehead atoms. The maximum absolute atomic E-state index is 5.86. The van der Waals surface area contributed by atoms with Crippen LogP contribution in [0.5, 0.6) is 0 Å². The lowest BCUT2D eigenvalue weighted by Gasteiger charge is -2.06. The van der Waals surface area contributed by atoms with Crippen LogP contribution in [0.1, 0.15) is 13.3 Å². The van der Waals surface area contributed by atoms with Crippen molar-refractivity contribution in [2.75, 3.05) is 25.0 Å². The Balaban J connectivity index is 2.21. The molecule has 2 N–H and O–H groups in total. The van der Waals surface area contributed by atoms with E-state index in [1.165, 1.54) is 6.33 Å². The molecular weight excluding hydrogens is 200 g/mol. The molecule has 0 saturated carbocycles. The minimum Gasteiger partial charge on any atom is -0.369 e. The molecule has 0 amide bonds. The van der Waals surface area contributed by atoms with Gasteiger partial charge in [-0.25, -0.2) is 9.97 Å². The van der Waals surface area contributed by atoms with Gasteiger partial charge in [0, 0.05) is 6.54 Å². The quantitative estimate of drug-likeness (QED) is 0.706. The lowest BCUT2D eigenvalue weighted by Crippen LogP contribution is -2.17. The van der Waals surface area contributed by atoms with Crippen LogP contribution in [-0.4, -0.2) is 29.6 Å². The molecule has 78 valence electrons. The van der Waals surface area contributed by atoms with E-state index in [0.29, 0.717) is 10.8 Å². The average Bonchev–Trinajstić information content (AvgIpc) is 2.20. The Morgan fingerprint density at radius 2 is 2.29 bits per heavy atom. The van der Waals surface area contributed by atoms with Gasteiger partial charge in [0.15, 0.2) is 0 Å². The van der Waals surface area contributed by atoms with Crippen molar-refractivity contribution in [3.05, 3.63) is 17.5 Å². The molecule has 0 spiro atoms.